The van der Waals surface area contributed by atoms with E-state index in [0.717, 1.165) is 16.2 Å². The number of carbonyl (C=O) groups excluding carboxylic acids is 2. The van der Waals surface area contributed by atoms with Crippen LogP contribution in [0.25, 0.3) is 0 Å². The maximum Gasteiger partial charge on any atom is 0.280 e. The first-order valence-electron chi connectivity index (χ1n) is 7.22. The van der Waals surface area contributed by atoms with E-state index in [0.29, 0.717) is 0 Å². The molecule has 0 aromatic carbocycles. The van der Waals surface area contributed by atoms with Crippen molar-refractivity contribution < 1.29 is 26.8 Å². The molecule has 2 aliphatic rings. The van der Waals surface area contributed by atoms with Gasteiger partial charge >= 0.3 is 0 Å². The molecule has 11 heteroatoms. The average Bonchev–Trinajstić information content (AvgIpc) is 3.00. The second-order valence-corrected chi connectivity index (χ2v) is 9.14. The Kier molecular flexibility index (Phi) is 4.11. The fraction of sp³-hybridized carbons (Fsp3) is 0.615. The van der Waals surface area contributed by atoms with E-state index in [4.69, 9.17) is 0 Å². The fourth-order valence-electron chi connectivity index (χ4n) is 2.80. The molecule has 3 rings (SSSR count). The first-order valence-corrected chi connectivity index (χ1v) is 9.92. The summed E-state index contributed by atoms with van der Waals surface area (Å²) < 4.78 is 48.9. The van der Waals surface area contributed by atoms with E-state index < -0.39 is 52.6 Å². The molecule has 2 amide bonds. The third kappa shape index (κ3) is 3.41. The van der Waals surface area contributed by atoms with Crippen LogP contribution in [0.4, 0.5) is 8.78 Å². The van der Waals surface area contributed by atoms with Gasteiger partial charge in [0.05, 0.1) is 24.1 Å². The van der Waals surface area contributed by atoms with Crippen LogP contribution in [0.2, 0.25) is 0 Å². The van der Waals surface area contributed by atoms with Gasteiger partial charge in [-0.25, -0.2) is 22.2 Å². The molecule has 2 saturated heterocycles. The molecule has 0 bridgehead atoms. The number of alkyl halides is 2. The zero-order chi connectivity index (χ0) is 17.7. The molecule has 1 atom stereocenters. The number of amides is 2. The summed E-state index contributed by atoms with van der Waals surface area (Å²) in [5.41, 5.74) is -0.0593. The standard InChI is InChI=1S/C13H15F2N3O4S2/c1-7-2-13(14,15)6-18(7)12(20)9-3-23-11(17-9)10(19)16-8-4-24(21,22)5-8/h3,7-8H,2,4-6H2,1H3,(H,16,19)/t7-/m0/s1. The highest BCUT2D eigenvalue weighted by molar-refractivity contribution is 7.92. The van der Waals surface area contributed by atoms with Gasteiger partial charge in [0.1, 0.15) is 5.69 Å². The molecule has 0 radical (unpaired) electrons. The number of aromatic nitrogens is 1. The summed E-state index contributed by atoms with van der Waals surface area (Å²) in [7, 11) is -3.06. The Hall–Kier alpha value is -1.62. The molecule has 7 nitrogen and oxygen atoms in total. The third-order valence-corrected chi connectivity index (χ3v) is 6.61. The van der Waals surface area contributed by atoms with Gasteiger partial charge in [0.2, 0.25) is 0 Å². The summed E-state index contributed by atoms with van der Waals surface area (Å²) in [4.78, 5) is 29.2. The van der Waals surface area contributed by atoms with E-state index in [1.165, 1.54) is 12.3 Å². The quantitative estimate of drug-likeness (QED) is 0.827. The van der Waals surface area contributed by atoms with Crippen molar-refractivity contribution in [2.24, 2.45) is 0 Å². The minimum Gasteiger partial charge on any atom is -0.345 e. The number of nitrogens with zero attached hydrogens (tertiary/aromatic N) is 2. The maximum atomic E-state index is 13.4. The summed E-state index contributed by atoms with van der Waals surface area (Å²) in [6.45, 7) is 0.877. The van der Waals surface area contributed by atoms with Gasteiger partial charge in [-0.05, 0) is 6.92 Å². The highest BCUT2D eigenvalue weighted by Crippen LogP contribution is 2.32. The zero-order valence-corrected chi connectivity index (χ0v) is 14.3. The van der Waals surface area contributed by atoms with Crippen LogP contribution in [0.5, 0.6) is 0 Å². The van der Waals surface area contributed by atoms with Gasteiger partial charge in [-0.3, -0.25) is 9.59 Å². The summed E-state index contributed by atoms with van der Waals surface area (Å²) in [5.74, 6) is -4.35. The van der Waals surface area contributed by atoms with Gasteiger partial charge < -0.3 is 10.2 Å². The van der Waals surface area contributed by atoms with Gasteiger partial charge in [-0.2, -0.15) is 0 Å². The summed E-state index contributed by atoms with van der Waals surface area (Å²) in [5, 5.41) is 3.86. The highest BCUT2D eigenvalue weighted by Gasteiger charge is 2.45. The lowest BCUT2D eigenvalue weighted by Gasteiger charge is -2.25. The monoisotopic (exact) mass is 379 g/mol. The smallest absolute Gasteiger partial charge is 0.280 e. The van der Waals surface area contributed by atoms with E-state index in [1.54, 1.807) is 0 Å². The van der Waals surface area contributed by atoms with Crippen molar-refractivity contribution in [2.45, 2.75) is 31.4 Å². The number of hydrogen-bond acceptors (Lipinski definition) is 6. The second kappa shape index (κ2) is 5.73. The Bertz CT molecular complexity index is 781. The van der Waals surface area contributed by atoms with Crippen molar-refractivity contribution in [3.8, 4) is 0 Å². The summed E-state index contributed by atoms with van der Waals surface area (Å²) in [6, 6.07) is -1.06. The normalized spacial score (nSPS) is 25.3. The third-order valence-electron chi connectivity index (χ3n) is 3.95. The fourth-order valence-corrected chi connectivity index (χ4v) is 4.79. The molecular formula is C13H15F2N3O4S2. The van der Waals surface area contributed by atoms with E-state index in [1.807, 2.05) is 0 Å². The molecule has 3 heterocycles. The Labute approximate surface area is 141 Å². The van der Waals surface area contributed by atoms with Crippen LogP contribution in [0, 0.1) is 0 Å². The number of likely N-dealkylation sites (tertiary alicyclic amines) is 1. The SMILES string of the molecule is C[C@H]1CC(F)(F)CN1C(=O)c1csc(C(=O)NC2CS(=O)(=O)C2)n1. The average molecular weight is 379 g/mol. The van der Waals surface area contributed by atoms with Crippen molar-refractivity contribution in [1.82, 2.24) is 15.2 Å². The number of carbonyl (C=O) groups is 2. The van der Waals surface area contributed by atoms with Crippen LogP contribution in [0.15, 0.2) is 5.38 Å². The number of rotatable bonds is 3. The maximum absolute atomic E-state index is 13.4. The molecule has 1 aromatic rings. The molecule has 0 spiro atoms. The predicted molar refractivity (Wildman–Crippen MR) is 82.1 cm³/mol. The molecule has 1 aromatic heterocycles. The van der Waals surface area contributed by atoms with Crippen molar-refractivity contribution >= 4 is 33.0 Å². The molecule has 1 N–H and O–H groups in total. The van der Waals surface area contributed by atoms with E-state index >= 15 is 0 Å². The van der Waals surface area contributed by atoms with E-state index in [-0.39, 0.29) is 22.2 Å². The topological polar surface area (TPSA) is 96.4 Å². The Morgan fingerprint density at radius 1 is 1.42 bits per heavy atom. The summed E-state index contributed by atoms with van der Waals surface area (Å²) >= 11 is 0.915. The largest absolute Gasteiger partial charge is 0.345 e. The Morgan fingerprint density at radius 3 is 2.62 bits per heavy atom. The first kappa shape index (κ1) is 17.2. The highest BCUT2D eigenvalue weighted by atomic mass is 32.2. The van der Waals surface area contributed by atoms with Gasteiger partial charge in [0, 0.05) is 17.8 Å². The number of halogens is 2. The molecule has 0 aliphatic carbocycles. The zero-order valence-electron chi connectivity index (χ0n) is 12.7. The second-order valence-electron chi connectivity index (χ2n) is 6.13. The molecule has 2 fully saturated rings. The van der Waals surface area contributed by atoms with Crippen LogP contribution in [0.3, 0.4) is 0 Å². The van der Waals surface area contributed by atoms with Gasteiger partial charge in [-0.15, -0.1) is 11.3 Å². The Morgan fingerprint density at radius 2 is 2.08 bits per heavy atom. The van der Waals surface area contributed by atoms with E-state index in [9.17, 15) is 26.8 Å². The minimum absolute atomic E-state index is 0.00116. The molecule has 24 heavy (non-hydrogen) atoms. The lowest BCUT2D eigenvalue weighted by Crippen LogP contribution is -2.52. The molecule has 0 saturated carbocycles. The van der Waals surface area contributed by atoms with Crippen LogP contribution in [0.1, 0.15) is 33.6 Å². The lowest BCUT2D eigenvalue weighted by atomic mass is 10.2. The molecule has 2 aliphatic heterocycles. The Balaban J connectivity index is 1.65. The molecular weight excluding hydrogens is 364 g/mol. The predicted octanol–water partition coefficient (Wildman–Crippen LogP) is 0.540. The number of thiazole rings is 1. The number of nitrogens with one attached hydrogen (secondary N) is 1. The van der Waals surface area contributed by atoms with Gasteiger partial charge in [0.15, 0.2) is 14.8 Å². The van der Waals surface area contributed by atoms with Crippen LogP contribution in [-0.2, 0) is 9.84 Å². The molecule has 132 valence electrons. The van der Waals surface area contributed by atoms with Crippen LogP contribution < -0.4 is 5.32 Å². The van der Waals surface area contributed by atoms with Gasteiger partial charge in [-0.1, -0.05) is 0 Å². The first-order chi connectivity index (χ1) is 11.1. The minimum atomic E-state index is -3.06. The summed E-state index contributed by atoms with van der Waals surface area (Å²) in [6.07, 6.45) is -0.396. The van der Waals surface area contributed by atoms with Crippen molar-refractivity contribution in [3.63, 3.8) is 0 Å². The van der Waals surface area contributed by atoms with Crippen molar-refractivity contribution in [2.75, 3.05) is 18.1 Å². The number of hydrogen-bond donors (Lipinski definition) is 1. The molecule has 0 unspecified atom stereocenters. The van der Waals surface area contributed by atoms with Crippen molar-refractivity contribution in [3.05, 3.63) is 16.1 Å². The lowest BCUT2D eigenvalue weighted by molar-refractivity contribution is 0.0117. The van der Waals surface area contributed by atoms with Crippen molar-refractivity contribution in [1.29, 1.82) is 0 Å². The van der Waals surface area contributed by atoms with Crippen LogP contribution >= 0.6 is 11.3 Å². The van der Waals surface area contributed by atoms with E-state index in [2.05, 4.69) is 10.3 Å². The van der Waals surface area contributed by atoms with Crippen LogP contribution in [-0.4, -0.2) is 66.2 Å². The van der Waals surface area contributed by atoms with Gasteiger partial charge in [0.25, 0.3) is 17.7 Å². The number of sulfone groups is 1.